The van der Waals surface area contributed by atoms with Crippen LogP contribution in [-0.2, 0) is 4.79 Å². The topological polar surface area (TPSA) is 44.4 Å². The molecule has 2 aliphatic rings. The van der Waals surface area contributed by atoms with Gasteiger partial charge >= 0.3 is 0 Å². The zero-order valence-electron chi connectivity index (χ0n) is 14.6. The molecule has 5 heteroatoms. The molecule has 0 spiro atoms. The molecule has 4 nitrogen and oxygen atoms in total. The molecular formula is C19H28FN3O. The van der Waals surface area contributed by atoms with E-state index in [9.17, 15) is 9.18 Å². The summed E-state index contributed by atoms with van der Waals surface area (Å²) < 4.78 is 13.5. The fourth-order valence-electron chi connectivity index (χ4n) is 4.15. The predicted molar refractivity (Wildman–Crippen MR) is 93.1 cm³/mol. The lowest BCUT2D eigenvalue weighted by atomic mass is 9.85. The summed E-state index contributed by atoms with van der Waals surface area (Å²) in [5.74, 6) is 0.488. The average molecular weight is 333 g/mol. The van der Waals surface area contributed by atoms with Crippen molar-refractivity contribution < 1.29 is 9.18 Å². The van der Waals surface area contributed by atoms with Crippen molar-refractivity contribution in [3.8, 4) is 0 Å². The maximum atomic E-state index is 13.5. The molecule has 0 bridgehead atoms. The van der Waals surface area contributed by atoms with Crippen molar-refractivity contribution in [3.05, 3.63) is 35.6 Å². The van der Waals surface area contributed by atoms with Crippen LogP contribution in [0.1, 0.15) is 43.7 Å². The van der Waals surface area contributed by atoms with E-state index in [1.165, 1.54) is 31.7 Å². The number of hydrogen-bond donors (Lipinski definition) is 2. The van der Waals surface area contributed by atoms with Gasteiger partial charge < -0.3 is 15.5 Å². The second kappa shape index (κ2) is 7.62. The summed E-state index contributed by atoms with van der Waals surface area (Å²) >= 11 is 0. The zero-order valence-corrected chi connectivity index (χ0v) is 14.6. The van der Waals surface area contributed by atoms with E-state index in [0.717, 1.165) is 12.0 Å². The molecule has 24 heavy (non-hydrogen) atoms. The lowest BCUT2D eigenvalue weighted by molar-refractivity contribution is -0.123. The Morgan fingerprint density at radius 1 is 1.38 bits per heavy atom. The Morgan fingerprint density at radius 2 is 2.17 bits per heavy atom. The monoisotopic (exact) mass is 333 g/mol. The van der Waals surface area contributed by atoms with Crippen LogP contribution in [0.25, 0.3) is 0 Å². The lowest BCUT2D eigenvalue weighted by Gasteiger charge is -2.26. The third kappa shape index (κ3) is 3.95. The Labute approximate surface area is 143 Å². The van der Waals surface area contributed by atoms with Crippen LogP contribution in [0.3, 0.4) is 0 Å². The molecule has 4 unspecified atom stereocenters. The highest BCUT2D eigenvalue weighted by Gasteiger charge is 2.38. The number of nitrogens with zero attached hydrogens (tertiary/aromatic N) is 1. The van der Waals surface area contributed by atoms with E-state index in [-0.39, 0.29) is 23.8 Å². The average Bonchev–Trinajstić information content (AvgIpc) is 2.99. The summed E-state index contributed by atoms with van der Waals surface area (Å²) in [6.45, 7) is 0.489. The summed E-state index contributed by atoms with van der Waals surface area (Å²) in [6, 6.07) is 7.01. The van der Waals surface area contributed by atoms with Gasteiger partial charge in [-0.3, -0.25) is 4.79 Å². The summed E-state index contributed by atoms with van der Waals surface area (Å²) in [7, 11) is 3.90. The minimum Gasteiger partial charge on any atom is -0.353 e. The number of hydrogen-bond acceptors (Lipinski definition) is 3. The first kappa shape index (κ1) is 17.4. The van der Waals surface area contributed by atoms with Gasteiger partial charge in [-0.2, -0.15) is 0 Å². The van der Waals surface area contributed by atoms with E-state index in [1.807, 2.05) is 25.1 Å². The van der Waals surface area contributed by atoms with Gasteiger partial charge in [-0.15, -0.1) is 0 Å². The highest BCUT2D eigenvalue weighted by molar-refractivity contribution is 5.82. The van der Waals surface area contributed by atoms with Crippen LogP contribution in [0.2, 0.25) is 0 Å². The molecule has 1 saturated heterocycles. The molecule has 4 atom stereocenters. The van der Waals surface area contributed by atoms with Crippen molar-refractivity contribution in [2.45, 2.75) is 50.2 Å². The Morgan fingerprint density at radius 3 is 2.88 bits per heavy atom. The third-order valence-corrected chi connectivity index (χ3v) is 5.51. The number of carbonyl (C=O) groups is 1. The van der Waals surface area contributed by atoms with Gasteiger partial charge in [0.05, 0.1) is 12.1 Å². The molecule has 1 aromatic carbocycles. The van der Waals surface area contributed by atoms with Gasteiger partial charge in [-0.05, 0) is 57.0 Å². The van der Waals surface area contributed by atoms with Gasteiger partial charge in [-0.1, -0.05) is 25.0 Å². The molecule has 2 N–H and O–H groups in total. The first-order valence-electron chi connectivity index (χ1n) is 9.00. The maximum Gasteiger partial charge on any atom is 0.237 e. The number of nitrogens with one attached hydrogen (secondary N) is 2. The Balaban J connectivity index is 1.57. The van der Waals surface area contributed by atoms with Crippen LogP contribution in [0.5, 0.6) is 0 Å². The van der Waals surface area contributed by atoms with E-state index in [0.29, 0.717) is 18.5 Å². The van der Waals surface area contributed by atoms with Crippen LogP contribution in [0.15, 0.2) is 24.3 Å². The summed E-state index contributed by atoms with van der Waals surface area (Å²) in [5, 5.41) is 6.58. The number of halogens is 1. The largest absolute Gasteiger partial charge is 0.353 e. The Bertz CT molecular complexity index is 563. The Kier molecular flexibility index (Phi) is 5.51. The van der Waals surface area contributed by atoms with E-state index < -0.39 is 0 Å². The van der Waals surface area contributed by atoms with Crippen molar-refractivity contribution in [2.75, 3.05) is 20.6 Å². The number of rotatable bonds is 5. The van der Waals surface area contributed by atoms with Crippen molar-refractivity contribution in [3.63, 3.8) is 0 Å². The first-order chi connectivity index (χ1) is 11.5. The molecule has 0 aromatic heterocycles. The minimum atomic E-state index is -0.243. The van der Waals surface area contributed by atoms with E-state index in [4.69, 9.17) is 0 Å². The second-order valence-electron chi connectivity index (χ2n) is 7.39. The summed E-state index contributed by atoms with van der Waals surface area (Å²) in [5.41, 5.74) is 0.883. The predicted octanol–water partition coefficient (Wildman–Crippen LogP) is 2.47. The fraction of sp³-hybridized carbons (Fsp3) is 0.632. The summed E-state index contributed by atoms with van der Waals surface area (Å²) in [6.07, 6.45) is 5.94. The maximum absolute atomic E-state index is 13.5. The molecule has 132 valence electrons. The lowest BCUT2D eigenvalue weighted by Crippen LogP contribution is -2.45. The van der Waals surface area contributed by atoms with Crippen molar-refractivity contribution >= 4 is 5.91 Å². The molecule has 1 aliphatic heterocycles. The first-order valence-corrected chi connectivity index (χ1v) is 9.00. The molecule has 1 aromatic rings. The van der Waals surface area contributed by atoms with Crippen molar-refractivity contribution in [1.29, 1.82) is 0 Å². The molecule has 1 saturated carbocycles. The minimum absolute atomic E-state index is 0.0340. The standard InChI is InChI=1S/C19H28FN3O/c1-23(2)18(14-7-5-8-15(20)10-14)12-21-19(24)17-11-13-6-3-4-9-16(13)22-17/h5,7-8,10,13,16-18,22H,3-4,6,9,11-12H2,1-2H3,(H,21,24). The van der Waals surface area contributed by atoms with Gasteiger partial charge in [0.1, 0.15) is 5.82 Å². The van der Waals surface area contributed by atoms with Crippen LogP contribution in [0.4, 0.5) is 4.39 Å². The van der Waals surface area contributed by atoms with Gasteiger partial charge in [0.25, 0.3) is 0 Å². The summed E-state index contributed by atoms with van der Waals surface area (Å²) in [4.78, 5) is 14.6. The zero-order chi connectivity index (χ0) is 17.1. The molecule has 1 aliphatic carbocycles. The van der Waals surface area contributed by atoms with E-state index in [1.54, 1.807) is 12.1 Å². The highest BCUT2D eigenvalue weighted by Crippen LogP contribution is 2.33. The number of carbonyl (C=O) groups excluding carboxylic acids is 1. The number of fused-ring (bicyclic) bond motifs is 1. The van der Waals surface area contributed by atoms with Crippen molar-refractivity contribution in [1.82, 2.24) is 15.5 Å². The Hall–Kier alpha value is -1.46. The molecule has 2 fully saturated rings. The van der Waals surface area contributed by atoms with E-state index >= 15 is 0 Å². The normalized spacial score (nSPS) is 27.8. The van der Waals surface area contributed by atoms with Gasteiger partial charge in [0, 0.05) is 12.6 Å². The third-order valence-electron chi connectivity index (χ3n) is 5.51. The van der Waals surface area contributed by atoms with Gasteiger partial charge in [0.2, 0.25) is 5.91 Å². The van der Waals surface area contributed by atoms with Crippen LogP contribution >= 0.6 is 0 Å². The van der Waals surface area contributed by atoms with E-state index in [2.05, 4.69) is 10.6 Å². The van der Waals surface area contributed by atoms with Crippen LogP contribution < -0.4 is 10.6 Å². The molecule has 3 rings (SSSR count). The van der Waals surface area contributed by atoms with Gasteiger partial charge in [-0.25, -0.2) is 4.39 Å². The number of amides is 1. The smallest absolute Gasteiger partial charge is 0.237 e. The SMILES string of the molecule is CN(C)C(CNC(=O)C1CC2CCCCC2N1)c1cccc(F)c1. The van der Waals surface area contributed by atoms with Crippen LogP contribution in [-0.4, -0.2) is 43.5 Å². The van der Waals surface area contributed by atoms with Gasteiger partial charge in [0.15, 0.2) is 0 Å². The molecular weight excluding hydrogens is 305 g/mol. The molecule has 1 amide bonds. The fourth-order valence-corrected chi connectivity index (χ4v) is 4.15. The number of likely N-dealkylation sites (N-methyl/N-ethyl adjacent to an activating group) is 1. The molecule has 0 radical (unpaired) electrons. The van der Waals surface area contributed by atoms with Crippen LogP contribution in [0, 0.1) is 11.7 Å². The second-order valence-corrected chi connectivity index (χ2v) is 7.39. The highest BCUT2D eigenvalue weighted by atomic mass is 19.1. The quantitative estimate of drug-likeness (QED) is 0.870. The van der Waals surface area contributed by atoms with Crippen molar-refractivity contribution in [2.24, 2.45) is 5.92 Å². The number of benzene rings is 1. The molecule has 1 heterocycles.